The van der Waals surface area contributed by atoms with Crippen molar-refractivity contribution in [1.29, 1.82) is 0 Å². The maximum absolute atomic E-state index is 11.6. The van der Waals surface area contributed by atoms with Crippen LogP contribution in [-0.4, -0.2) is 69.8 Å². The first-order valence-electron chi connectivity index (χ1n) is 8.79. The second-order valence-corrected chi connectivity index (χ2v) is 6.01. The van der Waals surface area contributed by atoms with Crippen molar-refractivity contribution in [2.75, 3.05) is 47.0 Å². The van der Waals surface area contributed by atoms with Gasteiger partial charge in [0.25, 0.3) is 0 Å². The van der Waals surface area contributed by atoms with E-state index in [0.717, 1.165) is 16.9 Å². The van der Waals surface area contributed by atoms with E-state index in [2.05, 4.69) is 20.9 Å². The number of urea groups is 1. The number of ether oxygens (including phenoxy) is 2. The summed E-state index contributed by atoms with van der Waals surface area (Å²) in [7, 11) is 3.30. The normalized spacial score (nSPS) is 14.3. The third-order valence-corrected chi connectivity index (χ3v) is 4.00. The summed E-state index contributed by atoms with van der Waals surface area (Å²) in [5.74, 6) is 1.15. The molecule has 1 aromatic rings. The number of nitrogens with zero attached hydrogens (tertiary/aromatic N) is 2. The lowest BCUT2D eigenvalue weighted by Crippen LogP contribution is -2.43. The van der Waals surface area contributed by atoms with Crippen LogP contribution < -0.4 is 20.7 Å². The van der Waals surface area contributed by atoms with Gasteiger partial charge in [0.1, 0.15) is 12.4 Å². The Morgan fingerprint density at radius 3 is 2.78 bits per heavy atom. The molecule has 1 aliphatic heterocycles. The van der Waals surface area contributed by atoms with Gasteiger partial charge in [-0.2, -0.15) is 0 Å². The second-order valence-electron chi connectivity index (χ2n) is 6.01. The predicted molar refractivity (Wildman–Crippen MR) is 102 cm³/mol. The number of nitrogens with one attached hydrogen (secondary N) is 3. The quantitative estimate of drug-likeness (QED) is 0.246. The van der Waals surface area contributed by atoms with Gasteiger partial charge in [0.2, 0.25) is 5.91 Å². The van der Waals surface area contributed by atoms with Gasteiger partial charge in [-0.25, -0.2) is 4.79 Å². The zero-order valence-electron chi connectivity index (χ0n) is 16.0. The standard InChI is InChI=1S/C18H27N5O4/c1-13-4-5-14(15(10-13)27-9-8-26-3)11-21-17(19-2)20-6-7-23-16(24)12-22-18(23)25/h4-5,10H,6-9,11-12H2,1-3H3,(H,22,25)(H2,19,20,21). The molecule has 148 valence electrons. The third-order valence-electron chi connectivity index (χ3n) is 4.00. The van der Waals surface area contributed by atoms with Crippen LogP contribution in [-0.2, 0) is 16.1 Å². The number of carbonyl (C=O) groups excluding carboxylic acids is 2. The number of amides is 3. The lowest BCUT2D eigenvalue weighted by atomic mass is 10.1. The molecule has 3 N–H and O–H groups in total. The zero-order chi connectivity index (χ0) is 19.6. The van der Waals surface area contributed by atoms with Gasteiger partial charge in [-0.15, -0.1) is 0 Å². The molecule has 0 spiro atoms. The molecule has 1 aromatic carbocycles. The number of guanidine groups is 1. The van der Waals surface area contributed by atoms with E-state index in [1.54, 1.807) is 14.2 Å². The summed E-state index contributed by atoms with van der Waals surface area (Å²) >= 11 is 0. The Morgan fingerprint density at radius 1 is 1.30 bits per heavy atom. The molecule has 2 rings (SSSR count). The number of hydrogen-bond acceptors (Lipinski definition) is 5. The van der Waals surface area contributed by atoms with Gasteiger partial charge in [-0.05, 0) is 18.6 Å². The van der Waals surface area contributed by atoms with Gasteiger partial charge in [-0.1, -0.05) is 12.1 Å². The van der Waals surface area contributed by atoms with E-state index in [-0.39, 0.29) is 25.0 Å². The van der Waals surface area contributed by atoms with E-state index in [0.29, 0.717) is 32.3 Å². The Balaban J connectivity index is 1.84. The summed E-state index contributed by atoms with van der Waals surface area (Å²) in [6.07, 6.45) is 0. The predicted octanol–water partition coefficient (Wildman–Crippen LogP) is 0.237. The highest BCUT2D eigenvalue weighted by Gasteiger charge is 2.27. The van der Waals surface area contributed by atoms with Crippen molar-refractivity contribution in [2.24, 2.45) is 4.99 Å². The monoisotopic (exact) mass is 377 g/mol. The summed E-state index contributed by atoms with van der Waals surface area (Å²) in [5, 5.41) is 8.79. The molecule has 1 heterocycles. The Labute approximate surface area is 159 Å². The highest BCUT2D eigenvalue weighted by molar-refractivity contribution is 6.01. The van der Waals surface area contributed by atoms with Crippen LogP contribution in [0.4, 0.5) is 4.79 Å². The molecule has 1 aliphatic rings. The number of aliphatic imine (C=N–C) groups is 1. The van der Waals surface area contributed by atoms with E-state index in [1.807, 2.05) is 25.1 Å². The van der Waals surface area contributed by atoms with Crippen molar-refractivity contribution in [2.45, 2.75) is 13.5 Å². The molecule has 0 unspecified atom stereocenters. The van der Waals surface area contributed by atoms with Crippen LogP contribution in [0.25, 0.3) is 0 Å². The largest absolute Gasteiger partial charge is 0.491 e. The SMILES string of the molecule is CN=C(NCCN1C(=O)CNC1=O)NCc1ccc(C)cc1OCCOC. The van der Waals surface area contributed by atoms with Crippen LogP contribution in [0.5, 0.6) is 5.75 Å². The number of aryl methyl sites for hydroxylation is 1. The first-order chi connectivity index (χ1) is 13.0. The van der Waals surface area contributed by atoms with Gasteiger partial charge in [0.05, 0.1) is 13.2 Å². The molecular weight excluding hydrogens is 350 g/mol. The fourth-order valence-electron chi connectivity index (χ4n) is 2.54. The maximum atomic E-state index is 11.6. The molecule has 9 nitrogen and oxygen atoms in total. The first kappa shape index (κ1) is 20.5. The Hall–Kier alpha value is -2.81. The molecule has 3 amide bonds. The lowest BCUT2D eigenvalue weighted by Gasteiger charge is -2.17. The van der Waals surface area contributed by atoms with E-state index >= 15 is 0 Å². The molecule has 0 bridgehead atoms. The van der Waals surface area contributed by atoms with E-state index in [1.165, 1.54) is 4.90 Å². The minimum absolute atomic E-state index is 0.0606. The Bertz CT molecular complexity index is 676. The summed E-state index contributed by atoms with van der Waals surface area (Å²) in [6, 6.07) is 5.65. The van der Waals surface area contributed by atoms with E-state index in [4.69, 9.17) is 9.47 Å². The fraction of sp³-hybridized carbons (Fsp3) is 0.500. The van der Waals surface area contributed by atoms with Crippen molar-refractivity contribution >= 4 is 17.9 Å². The molecule has 9 heteroatoms. The average molecular weight is 377 g/mol. The summed E-state index contributed by atoms with van der Waals surface area (Å²) < 4.78 is 10.8. The highest BCUT2D eigenvalue weighted by Crippen LogP contribution is 2.20. The fourth-order valence-corrected chi connectivity index (χ4v) is 2.54. The number of rotatable bonds is 9. The molecule has 0 radical (unpaired) electrons. The second kappa shape index (κ2) is 10.4. The summed E-state index contributed by atoms with van der Waals surface area (Å²) in [4.78, 5) is 28.4. The number of imide groups is 1. The molecule has 27 heavy (non-hydrogen) atoms. The van der Waals surface area contributed by atoms with Crippen molar-refractivity contribution in [3.05, 3.63) is 29.3 Å². The average Bonchev–Trinajstić information content (AvgIpc) is 2.97. The molecule has 1 fully saturated rings. The maximum Gasteiger partial charge on any atom is 0.324 e. The van der Waals surface area contributed by atoms with Crippen LogP contribution in [0.15, 0.2) is 23.2 Å². The molecule has 0 aliphatic carbocycles. The van der Waals surface area contributed by atoms with Crippen LogP contribution in [0.2, 0.25) is 0 Å². The number of carbonyl (C=O) groups is 2. The van der Waals surface area contributed by atoms with Crippen LogP contribution >= 0.6 is 0 Å². The number of benzene rings is 1. The summed E-state index contributed by atoms with van der Waals surface area (Å²) in [5.41, 5.74) is 2.11. The Morgan fingerprint density at radius 2 is 2.11 bits per heavy atom. The molecular formula is C18H27N5O4. The van der Waals surface area contributed by atoms with Crippen molar-refractivity contribution in [3.8, 4) is 5.75 Å². The summed E-state index contributed by atoms with van der Waals surface area (Å²) in [6.45, 7) is 4.27. The van der Waals surface area contributed by atoms with Crippen LogP contribution in [0, 0.1) is 6.92 Å². The molecule has 0 aromatic heterocycles. The smallest absolute Gasteiger partial charge is 0.324 e. The van der Waals surface area contributed by atoms with Gasteiger partial charge >= 0.3 is 6.03 Å². The first-order valence-corrected chi connectivity index (χ1v) is 8.79. The van der Waals surface area contributed by atoms with Gasteiger partial charge in [0.15, 0.2) is 5.96 Å². The van der Waals surface area contributed by atoms with E-state index in [9.17, 15) is 9.59 Å². The van der Waals surface area contributed by atoms with Gasteiger partial charge in [0, 0.05) is 39.4 Å². The van der Waals surface area contributed by atoms with Crippen LogP contribution in [0.3, 0.4) is 0 Å². The van der Waals surface area contributed by atoms with Crippen molar-refractivity contribution in [3.63, 3.8) is 0 Å². The van der Waals surface area contributed by atoms with Crippen molar-refractivity contribution in [1.82, 2.24) is 20.9 Å². The van der Waals surface area contributed by atoms with Crippen LogP contribution in [0.1, 0.15) is 11.1 Å². The van der Waals surface area contributed by atoms with Crippen molar-refractivity contribution < 1.29 is 19.1 Å². The Kier molecular flexibility index (Phi) is 7.87. The number of hydrogen-bond donors (Lipinski definition) is 3. The molecule has 0 saturated carbocycles. The van der Waals surface area contributed by atoms with Gasteiger partial charge < -0.3 is 25.4 Å². The highest BCUT2D eigenvalue weighted by atomic mass is 16.5. The third kappa shape index (κ3) is 6.14. The zero-order valence-corrected chi connectivity index (χ0v) is 16.0. The molecule has 0 atom stereocenters. The minimum atomic E-state index is -0.359. The number of methoxy groups -OCH3 is 1. The van der Waals surface area contributed by atoms with E-state index < -0.39 is 0 Å². The van der Waals surface area contributed by atoms with Gasteiger partial charge in [-0.3, -0.25) is 14.7 Å². The minimum Gasteiger partial charge on any atom is -0.491 e. The molecule has 1 saturated heterocycles. The lowest BCUT2D eigenvalue weighted by molar-refractivity contribution is -0.124. The topological polar surface area (TPSA) is 104 Å².